The van der Waals surface area contributed by atoms with Gasteiger partial charge < -0.3 is 10.1 Å². The Bertz CT molecular complexity index is 1120. The van der Waals surface area contributed by atoms with Gasteiger partial charge in [0.05, 0.1) is 0 Å². The van der Waals surface area contributed by atoms with Crippen molar-refractivity contribution in [2.45, 2.75) is 26.3 Å². The lowest BCUT2D eigenvalue weighted by Crippen LogP contribution is -2.37. The molecular formula is C27H27FN2O3. The first kappa shape index (κ1) is 22.7. The molecular weight excluding hydrogens is 419 g/mol. The third kappa shape index (κ3) is 6.05. The lowest BCUT2D eigenvalue weighted by Gasteiger charge is -2.31. The molecule has 1 N–H and O–H groups in total. The number of nitrogens with zero attached hydrogens (tertiary/aromatic N) is 1. The third-order valence-electron chi connectivity index (χ3n) is 5.88. The molecule has 0 saturated carbocycles. The molecule has 0 spiro atoms. The van der Waals surface area contributed by atoms with Crippen molar-refractivity contribution < 1.29 is 18.7 Å². The molecule has 3 aromatic rings. The molecule has 1 heterocycles. The van der Waals surface area contributed by atoms with Crippen LogP contribution in [0.4, 0.5) is 10.1 Å². The molecule has 3 aromatic carbocycles. The van der Waals surface area contributed by atoms with Crippen LogP contribution in [-0.4, -0.2) is 29.7 Å². The van der Waals surface area contributed by atoms with Crippen molar-refractivity contribution in [3.63, 3.8) is 0 Å². The maximum Gasteiger partial charge on any atom is 0.227 e. The number of rotatable bonds is 7. The van der Waals surface area contributed by atoms with E-state index < -0.39 is 5.82 Å². The van der Waals surface area contributed by atoms with Gasteiger partial charge >= 0.3 is 0 Å². The van der Waals surface area contributed by atoms with E-state index in [1.807, 2.05) is 24.3 Å². The number of benzene rings is 3. The van der Waals surface area contributed by atoms with Crippen LogP contribution >= 0.6 is 0 Å². The minimum Gasteiger partial charge on any atom is -0.454 e. The summed E-state index contributed by atoms with van der Waals surface area (Å²) in [5.41, 5.74) is 2.53. The van der Waals surface area contributed by atoms with E-state index in [-0.39, 0.29) is 23.4 Å². The van der Waals surface area contributed by atoms with Gasteiger partial charge in [0.15, 0.2) is 17.3 Å². The highest BCUT2D eigenvalue weighted by atomic mass is 19.1. The Morgan fingerprint density at radius 3 is 2.42 bits per heavy atom. The summed E-state index contributed by atoms with van der Waals surface area (Å²) < 4.78 is 19.3. The Hall–Kier alpha value is -3.51. The Morgan fingerprint density at radius 2 is 1.73 bits per heavy atom. The Morgan fingerprint density at radius 1 is 1.00 bits per heavy atom. The second-order valence-corrected chi connectivity index (χ2v) is 8.35. The number of hydrogen-bond acceptors (Lipinski definition) is 4. The number of amides is 1. The average Bonchev–Trinajstić information content (AvgIpc) is 2.82. The fraction of sp³-hybridized carbons (Fsp3) is 0.259. The first-order valence-corrected chi connectivity index (χ1v) is 11.1. The first-order valence-electron chi connectivity index (χ1n) is 11.1. The summed E-state index contributed by atoms with van der Waals surface area (Å²) >= 11 is 0. The highest BCUT2D eigenvalue weighted by Gasteiger charge is 2.25. The Balaban J connectivity index is 1.26. The molecule has 1 aliphatic rings. The number of likely N-dealkylation sites (tertiary alicyclic amines) is 1. The highest BCUT2D eigenvalue weighted by molar-refractivity contribution is 5.94. The van der Waals surface area contributed by atoms with E-state index in [2.05, 4.69) is 10.2 Å². The van der Waals surface area contributed by atoms with Crippen molar-refractivity contribution in [3.05, 3.63) is 89.7 Å². The summed E-state index contributed by atoms with van der Waals surface area (Å²) in [7, 11) is 0. The predicted octanol–water partition coefficient (Wildman–Crippen LogP) is 5.67. The fourth-order valence-corrected chi connectivity index (χ4v) is 4.01. The van der Waals surface area contributed by atoms with Crippen molar-refractivity contribution in [1.29, 1.82) is 0 Å². The monoisotopic (exact) mass is 446 g/mol. The number of ketones is 1. The number of anilines is 1. The van der Waals surface area contributed by atoms with Gasteiger partial charge in [0.2, 0.25) is 5.91 Å². The Kier molecular flexibility index (Phi) is 7.15. The van der Waals surface area contributed by atoms with Crippen molar-refractivity contribution in [2.24, 2.45) is 5.92 Å². The number of para-hydroxylation sites is 1. The SMILES string of the molecule is CC(=O)c1cccc(CN2CCC(C(=O)Nc3ccc(Oc4ccccc4F)cc3)CC2)c1. The van der Waals surface area contributed by atoms with E-state index in [0.717, 1.165) is 43.6 Å². The zero-order valence-electron chi connectivity index (χ0n) is 18.6. The van der Waals surface area contributed by atoms with Crippen molar-refractivity contribution >= 4 is 17.4 Å². The largest absolute Gasteiger partial charge is 0.454 e. The molecule has 1 amide bonds. The van der Waals surface area contributed by atoms with Gasteiger partial charge in [-0.05, 0) is 80.9 Å². The lowest BCUT2D eigenvalue weighted by molar-refractivity contribution is -0.121. The molecule has 0 atom stereocenters. The molecule has 1 saturated heterocycles. The molecule has 1 aliphatic heterocycles. The summed E-state index contributed by atoms with van der Waals surface area (Å²) in [6, 6.07) is 20.9. The van der Waals surface area contributed by atoms with Crippen molar-refractivity contribution in [2.75, 3.05) is 18.4 Å². The zero-order valence-corrected chi connectivity index (χ0v) is 18.6. The second-order valence-electron chi connectivity index (χ2n) is 8.35. The molecule has 0 bridgehead atoms. The maximum absolute atomic E-state index is 13.7. The van der Waals surface area contributed by atoms with Crippen LogP contribution in [0.25, 0.3) is 0 Å². The van der Waals surface area contributed by atoms with Gasteiger partial charge in [-0.1, -0.05) is 30.3 Å². The summed E-state index contributed by atoms with van der Waals surface area (Å²) in [5.74, 6) is 0.274. The molecule has 1 fully saturated rings. The summed E-state index contributed by atoms with van der Waals surface area (Å²) in [4.78, 5) is 26.6. The second kappa shape index (κ2) is 10.4. The minimum atomic E-state index is -0.423. The molecule has 4 rings (SSSR count). The number of nitrogens with one attached hydrogen (secondary N) is 1. The van der Waals surface area contributed by atoms with Gasteiger partial charge in [-0.2, -0.15) is 0 Å². The number of carbonyl (C=O) groups excluding carboxylic acids is 2. The van der Waals surface area contributed by atoms with Crippen LogP contribution in [0.2, 0.25) is 0 Å². The van der Waals surface area contributed by atoms with E-state index >= 15 is 0 Å². The normalized spacial score (nSPS) is 14.6. The number of ether oxygens (including phenoxy) is 1. The standard InChI is InChI=1S/C27H27FN2O3/c1-19(31)22-6-4-5-20(17-22)18-30-15-13-21(14-16-30)27(32)29-23-9-11-24(12-10-23)33-26-8-3-2-7-25(26)28/h2-12,17,21H,13-16,18H2,1H3,(H,29,32). The molecule has 0 aliphatic carbocycles. The van der Waals surface area contributed by atoms with Gasteiger partial charge in [-0.25, -0.2) is 4.39 Å². The van der Waals surface area contributed by atoms with Crippen LogP contribution in [-0.2, 0) is 11.3 Å². The van der Waals surface area contributed by atoms with Crippen LogP contribution in [0, 0.1) is 11.7 Å². The van der Waals surface area contributed by atoms with Gasteiger partial charge in [0.25, 0.3) is 0 Å². The van der Waals surface area contributed by atoms with Gasteiger partial charge in [-0.3, -0.25) is 14.5 Å². The highest BCUT2D eigenvalue weighted by Crippen LogP contribution is 2.26. The van der Waals surface area contributed by atoms with Crippen LogP contribution < -0.4 is 10.1 Å². The molecule has 170 valence electrons. The van der Waals surface area contributed by atoms with Gasteiger partial charge in [0, 0.05) is 23.7 Å². The van der Waals surface area contributed by atoms with Crippen LogP contribution in [0.15, 0.2) is 72.8 Å². The first-order chi connectivity index (χ1) is 16.0. The molecule has 0 aromatic heterocycles. The molecule has 0 radical (unpaired) electrons. The van der Waals surface area contributed by atoms with Crippen LogP contribution in [0.5, 0.6) is 11.5 Å². The number of halogens is 1. The topological polar surface area (TPSA) is 58.6 Å². The Labute approximate surface area is 193 Å². The van der Waals surface area contributed by atoms with Crippen molar-refractivity contribution in [1.82, 2.24) is 4.90 Å². The fourth-order valence-electron chi connectivity index (χ4n) is 4.01. The summed E-state index contributed by atoms with van der Waals surface area (Å²) in [6.07, 6.45) is 1.57. The number of carbonyl (C=O) groups is 2. The molecule has 0 unspecified atom stereocenters. The van der Waals surface area contributed by atoms with E-state index in [9.17, 15) is 14.0 Å². The maximum atomic E-state index is 13.7. The number of piperidine rings is 1. The predicted molar refractivity (Wildman–Crippen MR) is 126 cm³/mol. The minimum absolute atomic E-state index is 0.0102. The van der Waals surface area contributed by atoms with E-state index in [0.29, 0.717) is 11.4 Å². The number of Topliss-reactive ketones (excluding diaryl/α,β-unsaturated/α-hetero) is 1. The smallest absolute Gasteiger partial charge is 0.227 e. The third-order valence-corrected chi connectivity index (χ3v) is 5.88. The van der Waals surface area contributed by atoms with E-state index in [1.54, 1.807) is 49.4 Å². The van der Waals surface area contributed by atoms with E-state index in [1.165, 1.54) is 6.07 Å². The summed E-state index contributed by atoms with van der Waals surface area (Å²) in [6.45, 7) is 4.02. The zero-order chi connectivity index (χ0) is 23.2. The lowest BCUT2D eigenvalue weighted by atomic mass is 9.95. The van der Waals surface area contributed by atoms with Gasteiger partial charge in [-0.15, -0.1) is 0 Å². The number of hydrogen-bond donors (Lipinski definition) is 1. The molecule has 33 heavy (non-hydrogen) atoms. The van der Waals surface area contributed by atoms with E-state index in [4.69, 9.17) is 4.74 Å². The van der Waals surface area contributed by atoms with Gasteiger partial charge in [0.1, 0.15) is 5.75 Å². The quantitative estimate of drug-likeness (QED) is 0.475. The summed E-state index contributed by atoms with van der Waals surface area (Å²) in [5, 5.41) is 2.97. The molecule has 6 heteroatoms. The van der Waals surface area contributed by atoms with Crippen molar-refractivity contribution in [3.8, 4) is 11.5 Å². The molecule has 5 nitrogen and oxygen atoms in total. The average molecular weight is 447 g/mol. The van der Waals surface area contributed by atoms with Crippen LogP contribution in [0.1, 0.15) is 35.7 Å². The van der Waals surface area contributed by atoms with Crippen LogP contribution in [0.3, 0.4) is 0 Å².